The molecule has 148 valence electrons. The van der Waals surface area contributed by atoms with Gasteiger partial charge in [0.25, 0.3) is 0 Å². The van der Waals surface area contributed by atoms with Crippen LogP contribution < -0.4 is 0 Å². The molecule has 28 heavy (non-hydrogen) atoms. The lowest BCUT2D eigenvalue weighted by Gasteiger charge is -2.33. The molecule has 2 aliphatic heterocycles. The van der Waals surface area contributed by atoms with E-state index in [1.807, 2.05) is 30.3 Å². The summed E-state index contributed by atoms with van der Waals surface area (Å²) in [4.78, 5) is 16.7. The van der Waals surface area contributed by atoms with Crippen LogP contribution in [-0.2, 0) is 6.54 Å². The number of hydrogen-bond donors (Lipinski definition) is 1. The molecule has 1 unspecified atom stereocenters. The lowest BCUT2D eigenvalue weighted by Crippen LogP contribution is -2.42. The van der Waals surface area contributed by atoms with Gasteiger partial charge in [-0.2, -0.15) is 0 Å². The molecule has 4 rings (SSSR count). The molecule has 2 fully saturated rings. The summed E-state index contributed by atoms with van der Waals surface area (Å²) in [6.07, 6.45) is 6.50. The first-order valence-electron chi connectivity index (χ1n) is 10.6. The summed E-state index contributed by atoms with van der Waals surface area (Å²) >= 11 is 0. The van der Waals surface area contributed by atoms with Crippen LogP contribution in [0, 0.1) is 0 Å². The van der Waals surface area contributed by atoms with E-state index in [9.17, 15) is 9.90 Å². The highest BCUT2D eigenvalue weighted by Crippen LogP contribution is 2.29. The standard InChI is InChI=1S/C24H30N2O2/c27-24(28)20-11-12-23(19-8-3-1-4-9-19)21(16-20)17-26-15-7-10-22(26)18-25-13-5-2-6-14-25/h1,3-4,8-9,11-12,16,22H,2,5-7,10,13-15,17-18H2,(H,27,28). The van der Waals surface area contributed by atoms with Crippen molar-refractivity contribution in [2.45, 2.75) is 44.7 Å². The third kappa shape index (κ3) is 4.45. The SMILES string of the molecule is O=C(O)c1ccc(-c2ccccc2)c(CN2CCCC2CN2CCCCC2)c1. The van der Waals surface area contributed by atoms with Crippen molar-refractivity contribution in [2.24, 2.45) is 0 Å². The van der Waals surface area contributed by atoms with Gasteiger partial charge in [0, 0.05) is 19.1 Å². The lowest BCUT2D eigenvalue weighted by molar-refractivity contribution is 0.0696. The fraction of sp³-hybridized carbons (Fsp3) is 0.458. The molecule has 4 heteroatoms. The number of hydrogen-bond acceptors (Lipinski definition) is 3. The molecule has 2 heterocycles. The van der Waals surface area contributed by atoms with Gasteiger partial charge in [0.1, 0.15) is 0 Å². The lowest BCUT2D eigenvalue weighted by atomic mass is 9.97. The molecule has 0 aliphatic carbocycles. The van der Waals surface area contributed by atoms with Gasteiger partial charge in [-0.1, -0.05) is 42.8 Å². The Morgan fingerprint density at radius 3 is 2.50 bits per heavy atom. The molecule has 2 aromatic carbocycles. The zero-order valence-electron chi connectivity index (χ0n) is 16.5. The van der Waals surface area contributed by atoms with Gasteiger partial charge in [-0.25, -0.2) is 4.79 Å². The zero-order valence-corrected chi connectivity index (χ0v) is 16.5. The molecule has 0 saturated carbocycles. The summed E-state index contributed by atoms with van der Waals surface area (Å²) in [5.74, 6) is -0.854. The Bertz CT molecular complexity index is 800. The number of carbonyl (C=O) groups is 1. The molecule has 2 aromatic rings. The molecule has 0 radical (unpaired) electrons. The van der Waals surface area contributed by atoms with Crippen LogP contribution in [0.25, 0.3) is 11.1 Å². The number of carboxylic acids is 1. The Morgan fingerprint density at radius 1 is 0.964 bits per heavy atom. The number of benzene rings is 2. The van der Waals surface area contributed by atoms with Crippen molar-refractivity contribution in [3.8, 4) is 11.1 Å². The van der Waals surface area contributed by atoms with Crippen molar-refractivity contribution in [2.75, 3.05) is 26.2 Å². The minimum Gasteiger partial charge on any atom is -0.478 e. The maximum Gasteiger partial charge on any atom is 0.335 e. The number of aromatic carboxylic acids is 1. The predicted molar refractivity (Wildman–Crippen MR) is 113 cm³/mol. The van der Waals surface area contributed by atoms with Gasteiger partial charge in [0.05, 0.1) is 5.56 Å². The van der Waals surface area contributed by atoms with E-state index >= 15 is 0 Å². The number of rotatable bonds is 6. The van der Waals surface area contributed by atoms with Gasteiger partial charge in [0.15, 0.2) is 0 Å². The van der Waals surface area contributed by atoms with Crippen LogP contribution >= 0.6 is 0 Å². The number of likely N-dealkylation sites (tertiary alicyclic amines) is 2. The van der Waals surface area contributed by atoms with Gasteiger partial charge in [0.2, 0.25) is 0 Å². The Hall–Kier alpha value is -2.17. The highest BCUT2D eigenvalue weighted by Gasteiger charge is 2.27. The Kier molecular flexibility index (Phi) is 6.08. The second kappa shape index (κ2) is 8.89. The first-order valence-corrected chi connectivity index (χ1v) is 10.6. The minimum absolute atomic E-state index is 0.376. The van der Waals surface area contributed by atoms with Gasteiger partial charge in [-0.3, -0.25) is 4.90 Å². The average Bonchev–Trinajstić information content (AvgIpc) is 3.16. The molecule has 2 aliphatic rings. The molecular weight excluding hydrogens is 348 g/mol. The van der Waals surface area contributed by atoms with Crippen molar-refractivity contribution < 1.29 is 9.90 Å². The summed E-state index contributed by atoms with van der Waals surface area (Å²) in [5, 5.41) is 9.48. The van der Waals surface area contributed by atoms with Crippen molar-refractivity contribution in [3.05, 3.63) is 59.7 Å². The van der Waals surface area contributed by atoms with Crippen LogP contribution in [0.5, 0.6) is 0 Å². The molecule has 0 amide bonds. The van der Waals surface area contributed by atoms with E-state index in [2.05, 4.69) is 21.9 Å². The van der Waals surface area contributed by atoms with E-state index in [0.29, 0.717) is 11.6 Å². The summed E-state index contributed by atoms with van der Waals surface area (Å²) < 4.78 is 0. The summed E-state index contributed by atoms with van der Waals surface area (Å²) in [6.45, 7) is 5.54. The average molecular weight is 379 g/mol. The minimum atomic E-state index is -0.854. The fourth-order valence-electron chi connectivity index (χ4n) is 4.73. The summed E-state index contributed by atoms with van der Waals surface area (Å²) in [6, 6.07) is 16.5. The first kappa shape index (κ1) is 19.2. The monoisotopic (exact) mass is 378 g/mol. The molecule has 0 aromatic heterocycles. The van der Waals surface area contributed by atoms with E-state index < -0.39 is 5.97 Å². The van der Waals surface area contributed by atoms with Crippen LogP contribution in [0.3, 0.4) is 0 Å². The van der Waals surface area contributed by atoms with E-state index in [1.54, 1.807) is 6.07 Å². The van der Waals surface area contributed by atoms with Crippen LogP contribution in [0.2, 0.25) is 0 Å². The predicted octanol–water partition coefficient (Wildman–Crippen LogP) is 4.50. The van der Waals surface area contributed by atoms with Crippen LogP contribution in [0.4, 0.5) is 0 Å². The molecule has 0 spiro atoms. The van der Waals surface area contributed by atoms with Crippen LogP contribution in [-0.4, -0.2) is 53.1 Å². The number of carboxylic acid groups (broad SMARTS) is 1. The first-order chi connectivity index (χ1) is 13.7. The summed E-state index contributed by atoms with van der Waals surface area (Å²) in [7, 11) is 0. The normalized spacial score (nSPS) is 21.1. The Morgan fingerprint density at radius 2 is 1.75 bits per heavy atom. The number of nitrogens with zero attached hydrogens (tertiary/aromatic N) is 2. The van der Waals surface area contributed by atoms with Gasteiger partial charge < -0.3 is 10.0 Å². The van der Waals surface area contributed by atoms with E-state index in [4.69, 9.17) is 0 Å². The van der Waals surface area contributed by atoms with E-state index in [0.717, 1.165) is 36.3 Å². The van der Waals surface area contributed by atoms with Gasteiger partial charge in [-0.15, -0.1) is 0 Å². The molecular formula is C24H30N2O2. The van der Waals surface area contributed by atoms with Crippen molar-refractivity contribution >= 4 is 5.97 Å². The topological polar surface area (TPSA) is 43.8 Å². The van der Waals surface area contributed by atoms with Gasteiger partial charge >= 0.3 is 5.97 Å². The maximum absolute atomic E-state index is 11.5. The third-order valence-electron chi connectivity index (χ3n) is 6.23. The zero-order chi connectivity index (χ0) is 19.3. The van der Waals surface area contributed by atoms with Crippen molar-refractivity contribution in [3.63, 3.8) is 0 Å². The molecule has 4 nitrogen and oxygen atoms in total. The second-order valence-corrected chi connectivity index (χ2v) is 8.17. The number of piperidine rings is 1. The molecule has 2 saturated heterocycles. The van der Waals surface area contributed by atoms with Crippen LogP contribution in [0.15, 0.2) is 48.5 Å². The summed E-state index contributed by atoms with van der Waals surface area (Å²) in [5.41, 5.74) is 3.80. The quantitative estimate of drug-likeness (QED) is 0.804. The third-order valence-corrected chi connectivity index (χ3v) is 6.23. The largest absolute Gasteiger partial charge is 0.478 e. The van der Waals surface area contributed by atoms with E-state index in [1.165, 1.54) is 45.2 Å². The maximum atomic E-state index is 11.5. The van der Waals surface area contributed by atoms with Gasteiger partial charge in [-0.05, 0) is 74.1 Å². The highest BCUT2D eigenvalue weighted by atomic mass is 16.4. The fourth-order valence-corrected chi connectivity index (χ4v) is 4.73. The Labute approximate surface area is 167 Å². The van der Waals surface area contributed by atoms with Crippen molar-refractivity contribution in [1.82, 2.24) is 9.80 Å². The Balaban J connectivity index is 1.56. The highest BCUT2D eigenvalue weighted by molar-refractivity contribution is 5.89. The van der Waals surface area contributed by atoms with E-state index in [-0.39, 0.29) is 0 Å². The van der Waals surface area contributed by atoms with Crippen molar-refractivity contribution in [1.29, 1.82) is 0 Å². The van der Waals surface area contributed by atoms with Crippen LogP contribution in [0.1, 0.15) is 48.0 Å². The smallest absolute Gasteiger partial charge is 0.335 e. The molecule has 1 N–H and O–H groups in total. The molecule has 1 atom stereocenters. The molecule has 0 bridgehead atoms. The second-order valence-electron chi connectivity index (χ2n) is 8.17.